The number of rotatable bonds is 7. The minimum Gasteiger partial charge on any atom is -0.495 e. The number of aromatic nitrogens is 2. The summed E-state index contributed by atoms with van der Waals surface area (Å²) in [6.07, 6.45) is 9.84. The van der Waals surface area contributed by atoms with Crippen LogP contribution >= 0.6 is 18.7 Å². The van der Waals surface area contributed by atoms with Crippen molar-refractivity contribution in [3.8, 4) is 0 Å². The van der Waals surface area contributed by atoms with Crippen molar-refractivity contribution in [3.63, 3.8) is 0 Å². The van der Waals surface area contributed by atoms with E-state index >= 15 is 0 Å². The van der Waals surface area contributed by atoms with Crippen LogP contribution in [0.4, 0.5) is 17.5 Å². The van der Waals surface area contributed by atoms with E-state index in [-0.39, 0.29) is 0 Å². The molecule has 196 valence electrons. The van der Waals surface area contributed by atoms with Gasteiger partial charge in [-0.3, -0.25) is 0 Å². The SMILES string of the molecule is COC1=C(Nc2ncc(Cl)c(Nc3ccccc3P(C)(C)=O)n2)CC=CC(N2CCC3(CN(C)C3)C2)=C1. The number of methoxy groups -OCH3 is 1. The Labute approximate surface area is 223 Å². The van der Waals surface area contributed by atoms with Gasteiger partial charge in [0.2, 0.25) is 5.95 Å². The van der Waals surface area contributed by atoms with Crippen molar-refractivity contribution in [2.45, 2.75) is 12.8 Å². The van der Waals surface area contributed by atoms with Crippen LogP contribution < -0.4 is 15.9 Å². The summed E-state index contributed by atoms with van der Waals surface area (Å²) in [6.45, 7) is 7.96. The zero-order chi connectivity index (χ0) is 26.2. The molecule has 0 amide bonds. The van der Waals surface area contributed by atoms with Crippen LogP contribution in [0.15, 0.2) is 65.8 Å². The highest BCUT2D eigenvalue weighted by atomic mass is 35.5. The summed E-state index contributed by atoms with van der Waals surface area (Å²) < 4.78 is 18.6. The summed E-state index contributed by atoms with van der Waals surface area (Å²) >= 11 is 6.43. The van der Waals surface area contributed by atoms with Crippen molar-refractivity contribution >= 4 is 41.5 Å². The normalized spacial score (nSPS) is 19.5. The van der Waals surface area contributed by atoms with Crippen LogP contribution in [-0.2, 0) is 9.30 Å². The Hall–Kier alpha value is -2.80. The van der Waals surface area contributed by atoms with Gasteiger partial charge in [-0.15, -0.1) is 0 Å². The largest absolute Gasteiger partial charge is 0.495 e. The van der Waals surface area contributed by atoms with Crippen LogP contribution in [0.5, 0.6) is 0 Å². The zero-order valence-corrected chi connectivity index (χ0v) is 23.4. The Bertz CT molecular complexity index is 1330. The predicted octanol–water partition coefficient (Wildman–Crippen LogP) is 4.87. The third-order valence-electron chi connectivity index (χ3n) is 7.17. The van der Waals surface area contributed by atoms with E-state index in [4.69, 9.17) is 16.3 Å². The molecule has 5 rings (SSSR count). The summed E-state index contributed by atoms with van der Waals surface area (Å²) in [7, 11) is 1.37. The standard InChI is InChI=1S/C27H34ClN6O2P/c1-33-16-27(17-33)12-13-34(18-27)19-8-7-10-21(23(14-19)36-2)31-26-29-15-20(28)25(32-26)30-22-9-5-6-11-24(22)37(3,4)35/h5-9,11,14-15H,10,12-13,16-18H2,1-4H3,(H2,29,30,31,32). The summed E-state index contributed by atoms with van der Waals surface area (Å²) in [5, 5.41) is 7.70. The summed E-state index contributed by atoms with van der Waals surface area (Å²) in [6, 6.07) is 7.50. The van der Waals surface area contributed by atoms with E-state index in [2.05, 4.69) is 55.7 Å². The predicted molar refractivity (Wildman–Crippen MR) is 151 cm³/mol. The van der Waals surface area contributed by atoms with Gasteiger partial charge < -0.3 is 29.7 Å². The third kappa shape index (κ3) is 5.57. The second kappa shape index (κ2) is 10.2. The quantitative estimate of drug-likeness (QED) is 0.481. The lowest BCUT2D eigenvalue weighted by atomic mass is 9.79. The number of ether oxygens (including phenoxy) is 1. The Morgan fingerprint density at radius 1 is 1.16 bits per heavy atom. The molecule has 1 aromatic carbocycles. The number of benzene rings is 1. The van der Waals surface area contributed by atoms with E-state index in [1.807, 2.05) is 24.3 Å². The van der Waals surface area contributed by atoms with Gasteiger partial charge in [-0.1, -0.05) is 29.8 Å². The highest BCUT2D eigenvalue weighted by Gasteiger charge is 2.46. The lowest BCUT2D eigenvalue weighted by molar-refractivity contribution is 0.0337. The first-order valence-corrected chi connectivity index (χ1v) is 15.4. The molecule has 3 heterocycles. The van der Waals surface area contributed by atoms with Crippen LogP contribution in [0.3, 0.4) is 0 Å². The summed E-state index contributed by atoms with van der Waals surface area (Å²) in [5.41, 5.74) is 3.17. The third-order valence-corrected chi connectivity index (χ3v) is 8.99. The molecule has 2 aliphatic heterocycles. The van der Waals surface area contributed by atoms with Crippen LogP contribution in [0.1, 0.15) is 12.8 Å². The minimum atomic E-state index is -2.50. The molecular weight excluding hydrogens is 507 g/mol. The fourth-order valence-corrected chi connectivity index (χ4v) is 6.79. The van der Waals surface area contributed by atoms with Crippen molar-refractivity contribution in [1.82, 2.24) is 19.8 Å². The van der Waals surface area contributed by atoms with E-state index in [1.165, 1.54) is 25.2 Å². The number of allylic oxidation sites excluding steroid dienone is 3. The molecule has 1 spiro atoms. The second-order valence-corrected chi connectivity index (χ2v) is 14.2. The Balaban J connectivity index is 1.37. The molecule has 2 N–H and O–H groups in total. The number of anilines is 3. The monoisotopic (exact) mass is 540 g/mol. The Morgan fingerprint density at radius 3 is 2.68 bits per heavy atom. The van der Waals surface area contributed by atoms with Gasteiger partial charge in [-0.05, 0) is 45.0 Å². The molecule has 3 aliphatic rings. The van der Waals surface area contributed by atoms with Gasteiger partial charge in [0.05, 0.1) is 24.7 Å². The number of likely N-dealkylation sites (tertiary alicyclic amines) is 2. The molecule has 0 atom stereocenters. The van der Waals surface area contributed by atoms with E-state index < -0.39 is 7.14 Å². The van der Waals surface area contributed by atoms with Gasteiger partial charge in [-0.2, -0.15) is 4.98 Å². The van der Waals surface area contributed by atoms with Crippen LogP contribution in [0.25, 0.3) is 0 Å². The lowest BCUT2D eigenvalue weighted by Crippen LogP contribution is -2.55. The fraction of sp³-hybridized carbons (Fsp3) is 0.407. The van der Waals surface area contributed by atoms with E-state index in [1.54, 1.807) is 26.6 Å². The maximum Gasteiger partial charge on any atom is 0.229 e. The fourth-order valence-electron chi connectivity index (χ4n) is 5.50. The van der Waals surface area contributed by atoms with Crippen molar-refractivity contribution in [1.29, 1.82) is 0 Å². The van der Waals surface area contributed by atoms with Gasteiger partial charge >= 0.3 is 0 Å². The zero-order valence-electron chi connectivity index (χ0n) is 21.8. The molecule has 1 aliphatic carbocycles. The molecule has 0 unspecified atom stereocenters. The maximum atomic E-state index is 12.8. The maximum absolute atomic E-state index is 12.8. The highest BCUT2D eigenvalue weighted by molar-refractivity contribution is 7.70. The molecule has 37 heavy (non-hydrogen) atoms. The lowest BCUT2D eigenvalue weighted by Gasteiger charge is -2.46. The average molecular weight is 541 g/mol. The number of hydrogen-bond donors (Lipinski definition) is 2. The van der Waals surface area contributed by atoms with Crippen LogP contribution in [-0.4, -0.2) is 73.4 Å². The highest BCUT2D eigenvalue weighted by Crippen LogP contribution is 2.41. The van der Waals surface area contributed by atoms with E-state index in [9.17, 15) is 4.57 Å². The summed E-state index contributed by atoms with van der Waals surface area (Å²) in [5.74, 6) is 1.59. The van der Waals surface area contributed by atoms with Gasteiger partial charge in [0.1, 0.15) is 17.9 Å². The van der Waals surface area contributed by atoms with Crippen LogP contribution in [0, 0.1) is 5.41 Å². The number of hydrogen-bond acceptors (Lipinski definition) is 8. The van der Waals surface area contributed by atoms with Crippen molar-refractivity contribution in [3.05, 3.63) is 70.9 Å². The second-order valence-electron chi connectivity index (χ2n) is 10.6. The van der Waals surface area contributed by atoms with E-state index in [0.717, 1.165) is 29.9 Å². The molecule has 2 fully saturated rings. The van der Waals surface area contributed by atoms with E-state index in [0.29, 0.717) is 34.3 Å². The molecule has 0 saturated carbocycles. The number of para-hydroxylation sites is 1. The van der Waals surface area contributed by atoms with Gasteiger partial charge in [0.15, 0.2) is 5.82 Å². The molecule has 1 aromatic heterocycles. The number of nitrogens with one attached hydrogen (secondary N) is 2. The first-order chi connectivity index (χ1) is 17.7. The molecule has 8 nitrogen and oxygen atoms in total. The van der Waals surface area contributed by atoms with Crippen molar-refractivity contribution in [2.24, 2.45) is 5.41 Å². The van der Waals surface area contributed by atoms with Crippen LogP contribution in [0.2, 0.25) is 5.02 Å². The molecule has 2 saturated heterocycles. The Morgan fingerprint density at radius 2 is 1.95 bits per heavy atom. The molecule has 2 aromatic rings. The van der Waals surface area contributed by atoms with Crippen molar-refractivity contribution < 1.29 is 9.30 Å². The first-order valence-electron chi connectivity index (χ1n) is 12.5. The molecule has 0 bridgehead atoms. The summed E-state index contributed by atoms with van der Waals surface area (Å²) in [4.78, 5) is 13.9. The number of nitrogens with zero attached hydrogens (tertiary/aromatic N) is 4. The molecule has 10 heteroatoms. The van der Waals surface area contributed by atoms with Gasteiger partial charge in [0, 0.05) is 55.1 Å². The minimum absolute atomic E-state index is 0.371. The Kier molecular flexibility index (Phi) is 7.10. The topological polar surface area (TPSA) is 82.6 Å². The van der Waals surface area contributed by atoms with Gasteiger partial charge in [-0.25, -0.2) is 4.98 Å². The number of halogens is 1. The van der Waals surface area contributed by atoms with Crippen molar-refractivity contribution in [2.75, 3.05) is 64.3 Å². The molecule has 0 radical (unpaired) electrons. The molecular formula is C27H34ClN6O2P. The first kappa shape index (κ1) is 25.8. The van der Waals surface area contributed by atoms with Gasteiger partial charge in [0.25, 0.3) is 0 Å². The average Bonchev–Trinajstić information content (AvgIpc) is 3.17. The smallest absolute Gasteiger partial charge is 0.229 e.